The molecule has 6 rings (SSSR count). The zero-order chi connectivity index (χ0) is 27.6. The minimum absolute atomic E-state index is 0.000129. The van der Waals surface area contributed by atoms with Gasteiger partial charge in [-0.05, 0) is 68.8 Å². The van der Waals surface area contributed by atoms with Gasteiger partial charge in [-0.15, -0.1) is 0 Å². The van der Waals surface area contributed by atoms with Gasteiger partial charge in [-0.25, -0.2) is 8.42 Å². The third-order valence-electron chi connectivity index (χ3n) is 8.15. The first-order valence-corrected chi connectivity index (χ1v) is 14.3. The quantitative estimate of drug-likeness (QED) is 0.499. The highest BCUT2D eigenvalue weighted by Gasteiger charge is 2.48. The van der Waals surface area contributed by atoms with Crippen molar-refractivity contribution >= 4 is 44.5 Å². The molecule has 10 nitrogen and oxygen atoms in total. The predicted molar refractivity (Wildman–Crippen MR) is 135 cm³/mol. The van der Waals surface area contributed by atoms with Crippen LogP contribution in [0.15, 0.2) is 46.2 Å². The summed E-state index contributed by atoms with van der Waals surface area (Å²) in [6.45, 7) is 1.61. The van der Waals surface area contributed by atoms with Gasteiger partial charge in [0.25, 0.3) is 0 Å². The summed E-state index contributed by atoms with van der Waals surface area (Å²) in [5, 5.41) is 6.02. The van der Waals surface area contributed by atoms with Gasteiger partial charge in [0, 0.05) is 34.7 Å². The van der Waals surface area contributed by atoms with Crippen molar-refractivity contribution in [1.82, 2.24) is 10.6 Å². The largest absolute Gasteiger partial charge is 0.316 e. The molecule has 2 aromatic rings. The number of hydrogen-bond donors (Lipinski definition) is 2. The van der Waals surface area contributed by atoms with E-state index in [2.05, 4.69) is 10.6 Å². The van der Waals surface area contributed by atoms with Gasteiger partial charge in [-0.2, -0.15) is 0 Å². The second-order valence-electron chi connectivity index (χ2n) is 10.4. The Balaban J connectivity index is 1.31. The van der Waals surface area contributed by atoms with Gasteiger partial charge in [-0.1, -0.05) is 0 Å². The summed E-state index contributed by atoms with van der Waals surface area (Å²) < 4.78 is 27.0. The molecule has 2 aliphatic heterocycles. The SMILES string of the molecule is O=C1c2ccc(S(=O)(=O)c3ccc4c(c3)C(=O)C(C(=O)[C@H]3CCCN3)C4=O)cc2C(=O)C1C(=O)[C@@H]1CCNC1. The summed E-state index contributed by atoms with van der Waals surface area (Å²) >= 11 is 0. The van der Waals surface area contributed by atoms with Gasteiger partial charge in [0.1, 0.15) is 11.8 Å². The predicted octanol–water partition coefficient (Wildman–Crippen LogP) is 1.01. The molecule has 0 saturated carbocycles. The van der Waals surface area contributed by atoms with Crippen molar-refractivity contribution in [2.24, 2.45) is 17.8 Å². The fraction of sp³-hybridized carbons (Fsp3) is 0.357. The number of sulfone groups is 1. The van der Waals surface area contributed by atoms with E-state index in [1.165, 1.54) is 24.3 Å². The van der Waals surface area contributed by atoms with Crippen LogP contribution in [0.3, 0.4) is 0 Å². The molecule has 200 valence electrons. The molecule has 0 radical (unpaired) electrons. The number of nitrogens with one attached hydrogen (secondary N) is 2. The first kappa shape index (κ1) is 25.6. The molecule has 39 heavy (non-hydrogen) atoms. The average Bonchev–Trinajstić information content (AvgIpc) is 3.73. The zero-order valence-electron chi connectivity index (χ0n) is 20.7. The third-order valence-corrected chi connectivity index (χ3v) is 9.90. The van der Waals surface area contributed by atoms with E-state index in [-0.39, 0.29) is 32.0 Å². The summed E-state index contributed by atoms with van der Waals surface area (Å²) in [4.78, 5) is 77.1. The molecular formula is C28H24N2O8S. The number of rotatable bonds is 6. The van der Waals surface area contributed by atoms with Crippen molar-refractivity contribution in [3.8, 4) is 0 Å². The number of ketones is 6. The fourth-order valence-corrected chi connectivity index (χ4v) is 7.31. The molecule has 2 unspecified atom stereocenters. The zero-order valence-corrected chi connectivity index (χ0v) is 21.5. The van der Waals surface area contributed by atoms with E-state index in [0.717, 1.165) is 18.6 Å². The first-order chi connectivity index (χ1) is 18.6. The summed E-state index contributed by atoms with van der Waals surface area (Å²) in [6, 6.07) is 6.40. The second kappa shape index (κ2) is 9.22. The minimum Gasteiger partial charge on any atom is -0.316 e. The minimum atomic E-state index is -4.29. The van der Waals surface area contributed by atoms with Crippen LogP contribution in [0.2, 0.25) is 0 Å². The highest BCUT2D eigenvalue weighted by Crippen LogP contribution is 2.35. The maximum Gasteiger partial charge on any atom is 0.206 e. The number of carbonyl (C=O) groups excluding carboxylic acids is 6. The molecule has 0 spiro atoms. The Labute approximate surface area is 223 Å². The fourth-order valence-electron chi connectivity index (χ4n) is 5.99. The van der Waals surface area contributed by atoms with Crippen molar-refractivity contribution in [2.45, 2.75) is 35.1 Å². The van der Waals surface area contributed by atoms with Crippen LogP contribution in [0.4, 0.5) is 0 Å². The monoisotopic (exact) mass is 548 g/mol. The Morgan fingerprint density at radius 1 is 0.692 bits per heavy atom. The summed E-state index contributed by atoms with van der Waals surface area (Å²) in [5.41, 5.74) is -0.277. The highest BCUT2D eigenvalue weighted by molar-refractivity contribution is 7.91. The Kier molecular flexibility index (Phi) is 6.05. The Morgan fingerprint density at radius 3 is 1.72 bits per heavy atom. The molecule has 2 fully saturated rings. The molecular weight excluding hydrogens is 524 g/mol. The average molecular weight is 549 g/mol. The van der Waals surface area contributed by atoms with Crippen molar-refractivity contribution in [2.75, 3.05) is 19.6 Å². The van der Waals surface area contributed by atoms with E-state index >= 15 is 0 Å². The molecule has 0 amide bonds. The lowest BCUT2D eigenvalue weighted by atomic mass is 9.89. The van der Waals surface area contributed by atoms with Gasteiger partial charge in [0.05, 0.1) is 15.8 Å². The van der Waals surface area contributed by atoms with Crippen molar-refractivity contribution in [3.63, 3.8) is 0 Å². The molecule has 4 aliphatic rings. The number of carbonyl (C=O) groups is 6. The maximum atomic E-state index is 13.5. The van der Waals surface area contributed by atoms with Gasteiger partial charge >= 0.3 is 0 Å². The highest BCUT2D eigenvalue weighted by atomic mass is 32.2. The van der Waals surface area contributed by atoms with Crippen LogP contribution in [-0.4, -0.2) is 68.8 Å². The molecule has 2 N–H and O–H groups in total. The third kappa shape index (κ3) is 3.87. The molecule has 2 heterocycles. The number of hydrogen-bond acceptors (Lipinski definition) is 10. The number of benzene rings is 2. The molecule has 0 bridgehead atoms. The van der Waals surface area contributed by atoms with Crippen molar-refractivity contribution < 1.29 is 37.2 Å². The lowest BCUT2D eigenvalue weighted by Crippen LogP contribution is -2.39. The summed E-state index contributed by atoms with van der Waals surface area (Å²) in [5.74, 6) is -7.14. The first-order valence-electron chi connectivity index (χ1n) is 12.8. The van der Waals surface area contributed by atoms with Crippen molar-refractivity contribution in [3.05, 3.63) is 58.7 Å². The van der Waals surface area contributed by atoms with E-state index < -0.39 is 68.3 Å². The second-order valence-corrected chi connectivity index (χ2v) is 12.3. The topological polar surface area (TPSA) is 161 Å². The molecule has 0 aromatic heterocycles. The van der Waals surface area contributed by atoms with Gasteiger partial charge in [0.15, 0.2) is 34.7 Å². The molecule has 2 aromatic carbocycles. The van der Waals surface area contributed by atoms with Crippen LogP contribution in [0.1, 0.15) is 60.7 Å². The van der Waals surface area contributed by atoms with E-state index in [4.69, 9.17) is 0 Å². The molecule has 2 aliphatic carbocycles. The van der Waals surface area contributed by atoms with E-state index in [9.17, 15) is 37.2 Å². The van der Waals surface area contributed by atoms with Gasteiger partial charge in [0.2, 0.25) is 9.84 Å². The van der Waals surface area contributed by atoms with Gasteiger partial charge < -0.3 is 10.6 Å². The molecule has 4 atom stereocenters. The normalized spacial score (nSPS) is 26.3. The Morgan fingerprint density at radius 2 is 1.23 bits per heavy atom. The number of Topliss-reactive ketones (excluding diaryl/α,β-unsaturated/α-hetero) is 6. The van der Waals surface area contributed by atoms with Crippen LogP contribution in [0.5, 0.6) is 0 Å². The van der Waals surface area contributed by atoms with Crippen LogP contribution in [-0.2, 0) is 19.4 Å². The van der Waals surface area contributed by atoms with Crippen LogP contribution >= 0.6 is 0 Å². The Bertz CT molecular complexity index is 1500. The van der Waals surface area contributed by atoms with Crippen LogP contribution in [0.25, 0.3) is 0 Å². The maximum absolute atomic E-state index is 13.5. The van der Waals surface area contributed by atoms with E-state index in [0.29, 0.717) is 32.5 Å². The Hall–Kier alpha value is -3.67. The lowest BCUT2D eigenvalue weighted by Gasteiger charge is -2.12. The summed E-state index contributed by atoms with van der Waals surface area (Å²) in [7, 11) is -4.29. The number of fused-ring (bicyclic) bond motifs is 2. The van der Waals surface area contributed by atoms with Crippen LogP contribution in [0, 0.1) is 17.8 Å². The van der Waals surface area contributed by atoms with Crippen molar-refractivity contribution in [1.29, 1.82) is 0 Å². The smallest absolute Gasteiger partial charge is 0.206 e. The molecule has 2 saturated heterocycles. The standard InChI is InChI=1S/C28H24N2O8S/c31-23(13-7-9-29-12-13)21-24(32)16-5-3-14(10-18(16)26(21)34)39(37,38)15-4-6-17-19(11-15)27(35)22(25(17)33)28(36)20-2-1-8-30-20/h3-6,10-11,13,20-22,29-30H,1-2,7-9,12H2/t13-,20-,21?,22?/m1/s1. The van der Waals surface area contributed by atoms with Gasteiger partial charge in [-0.3, -0.25) is 28.8 Å². The lowest BCUT2D eigenvalue weighted by molar-refractivity contribution is -0.123. The van der Waals surface area contributed by atoms with E-state index in [1.54, 1.807) is 0 Å². The van der Waals surface area contributed by atoms with E-state index in [1.807, 2.05) is 0 Å². The summed E-state index contributed by atoms with van der Waals surface area (Å²) in [6.07, 6.45) is 1.80. The van der Waals surface area contributed by atoms with Crippen LogP contribution < -0.4 is 10.6 Å². The molecule has 11 heteroatoms.